The maximum Gasteiger partial charge on any atom is 0.250 e. The average Bonchev–Trinajstić information content (AvgIpc) is 3.52. The van der Waals surface area contributed by atoms with E-state index in [0.717, 1.165) is 11.3 Å². The molecule has 1 fully saturated rings. The molecule has 0 amide bonds. The van der Waals surface area contributed by atoms with Crippen molar-refractivity contribution in [3.05, 3.63) is 42.2 Å². The van der Waals surface area contributed by atoms with E-state index in [1.54, 1.807) is 18.0 Å². The first-order chi connectivity index (χ1) is 16.4. The van der Waals surface area contributed by atoms with Crippen LogP contribution in [0.25, 0.3) is 22.3 Å². The Morgan fingerprint density at radius 1 is 1.29 bits per heavy atom. The molecule has 11 heteroatoms. The van der Waals surface area contributed by atoms with E-state index in [9.17, 15) is 14.0 Å². The van der Waals surface area contributed by atoms with Crippen molar-refractivity contribution in [3.63, 3.8) is 0 Å². The van der Waals surface area contributed by atoms with Gasteiger partial charge < -0.3 is 20.4 Å². The molecular weight excluding hydrogens is 442 g/mol. The third kappa shape index (κ3) is 3.98. The lowest BCUT2D eigenvalue weighted by molar-refractivity contribution is 0.00852. The number of nitriles is 1. The largest absolute Gasteiger partial charge is 0.495 e. The molecule has 0 radical (unpaired) electrons. The first kappa shape index (κ1) is 21.6. The van der Waals surface area contributed by atoms with Gasteiger partial charge in [0.15, 0.2) is 0 Å². The average molecular weight is 464 g/mol. The van der Waals surface area contributed by atoms with E-state index >= 15 is 0 Å². The molecule has 3 heterocycles. The number of methoxy groups -OCH3 is 1. The third-order valence-electron chi connectivity index (χ3n) is 5.96. The fourth-order valence-corrected chi connectivity index (χ4v) is 4.28. The zero-order chi connectivity index (χ0) is 23.9. The maximum atomic E-state index is 13.7. The Hall–Kier alpha value is -4.20. The highest BCUT2D eigenvalue weighted by Gasteiger charge is 2.39. The van der Waals surface area contributed by atoms with Crippen molar-refractivity contribution in [1.82, 2.24) is 24.7 Å². The quantitative estimate of drug-likeness (QED) is 0.382. The number of alkyl halides is 2. The fourth-order valence-electron chi connectivity index (χ4n) is 4.28. The number of hydrogen-bond donors (Lipinski definition) is 3. The Labute approximate surface area is 193 Å². The van der Waals surface area contributed by atoms with E-state index in [0.29, 0.717) is 40.3 Å². The molecule has 1 aliphatic rings. The number of rotatable bonds is 6. The van der Waals surface area contributed by atoms with Gasteiger partial charge in [-0.3, -0.25) is 4.68 Å². The van der Waals surface area contributed by atoms with Gasteiger partial charge in [0.2, 0.25) is 11.9 Å². The monoisotopic (exact) mass is 464 g/mol. The van der Waals surface area contributed by atoms with Gasteiger partial charge in [0.25, 0.3) is 0 Å². The molecule has 34 heavy (non-hydrogen) atoms. The molecule has 3 aromatic heterocycles. The Bertz CT molecular complexity index is 1400. The second kappa shape index (κ2) is 8.30. The van der Waals surface area contributed by atoms with E-state index < -0.39 is 12.0 Å². The van der Waals surface area contributed by atoms with E-state index in [-0.39, 0.29) is 18.8 Å². The summed E-state index contributed by atoms with van der Waals surface area (Å²) in [7, 11) is 3.42. The lowest BCUT2D eigenvalue weighted by Crippen LogP contribution is -2.20. The summed E-state index contributed by atoms with van der Waals surface area (Å²) in [5, 5.41) is 20.4. The zero-order valence-electron chi connectivity index (χ0n) is 18.6. The summed E-state index contributed by atoms with van der Waals surface area (Å²) in [5.74, 6) is -1.57. The number of benzene rings is 1. The molecule has 0 spiro atoms. The number of hydrogen-bond acceptors (Lipinski definition) is 7. The number of nitrogens with one attached hydrogen (secondary N) is 3. The van der Waals surface area contributed by atoms with Crippen molar-refractivity contribution in [2.75, 3.05) is 17.7 Å². The Balaban J connectivity index is 1.49. The molecule has 3 N–H and O–H groups in total. The number of halogens is 2. The van der Waals surface area contributed by atoms with Crippen molar-refractivity contribution in [1.29, 1.82) is 5.26 Å². The third-order valence-corrected chi connectivity index (χ3v) is 5.96. The van der Waals surface area contributed by atoms with Crippen LogP contribution in [0.5, 0.6) is 5.75 Å². The molecule has 0 aliphatic heterocycles. The Morgan fingerprint density at radius 3 is 2.82 bits per heavy atom. The number of nitrogens with zero attached hydrogens (tertiary/aromatic N) is 5. The van der Waals surface area contributed by atoms with Crippen LogP contribution in [0.4, 0.5) is 26.2 Å². The molecule has 174 valence electrons. The molecule has 1 atom stereocenters. The summed E-state index contributed by atoms with van der Waals surface area (Å²) in [4.78, 5) is 12.0. The highest BCUT2D eigenvalue weighted by atomic mass is 19.3. The van der Waals surface area contributed by atoms with Crippen molar-refractivity contribution in [2.24, 2.45) is 7.05 Å². The minimum Gasteiger partial charge on any atom is -0.495 e. The first-order valence-corrected chi connectivity index (χ1v) is 10.7. The van der Waals surface area contributed by atoms with Gasteiger partial charge in [-0.15, -0.1) is 0 Å². The molecule has 1 aromatic carbocycles. The SMILES string of the molecule is COc1cc(-c2ccnn2C)ccc1Nc1nc(NC2CCC(F)(F)C2)c2c(C#N)c[nH]c2n1. The van der Waals surface area contributed by atoms with Crippen LogP contribution >= 0.6 is 0 Å². The maximum absolute atomic E-state index is 13.7. The highest BCUT2D eigenvalue weighted by molar-refractivity contribution is 5.94. The molecule has 5 rings (SSSR count). The summed E-state index contributed by atoms with van der Waals surface area (Å²) in [6.45, 7) is 0. The summed E-state index contributed by atoms with van der Waals surface area (Å²) >= 11 is 0. The fraction of sp³-hybridized carbons (Fsp3) is 0.304. The summed E-state index contributed by atoms with van der Waals surface area (Å²) in [6.07, 6.45) is 3.11. The molecule has 1 saturated carbocycles. The molecule has 4 aromatic rings. The van der Waals surface area contributed by atoms with Gasteiger partial charge in [0.1, 0.15) is 23.3 Å². The normalized spacial score (nSPS) is 17.0. The number of fused-ring (bicyclic) bond motifs is 1. The highest BCUT2D eigenvalue weighted by Crippen LogP contribution is 2.38. The lowest BCUT2D eigenvalue weighted by Gasteiger charge is -2.16. The van der Waals surface area contributed by atoms with E-state index in [1.807, 2.05) is 31.3 Å². The number of aromatic amines is 1. The molecule has 0 saturated heterocycles. The summed E-state index contributed by atoms with van der Waals surface area (Å²) in [6, 6.07) is 9.19. The zero-order valence-corrected chi connectivity index (χ0v) is 18.6. The van der Waals surface area contributed by atoms with Gasteiger partial charge in [-0.1, -0.05) is 6.07 Å². The van der Waals surface area contributed by atoms with E-state index in [2.05, 4.69) is 36.8 Å². The lowest BCUT2D eigenvalue weighted by atomic mass is 10.1. The molecular formula is C23H22F2N8O. The van der Waals surface area contributed by atoms with Crippen LogP contribution in [0.1, 0.15) is 24.8 Å². The minimum absolute atomic E-state index is 0.178. The van der Waals surface area contributed by atoms with Crippen molar-refractivity contribution in [2.45, 2.75) is 31.2 Å². The second-order valence-electron chi connectivity index (χ2n) is 8.25. The van der Waals surface area contributed by atoms with Crippen molar-refractivity contribution < 1.29 is 13.5 Å². The van der Waals surface area contributed by atoms with Gasteiger partial charge >= 0.3 is 0 Å². The van der Waals surface area contributed by atoms with Gasteiger partial charge in [-0.05, 0) is 24.6 Å². The standard InChI is InChI=1S/C23H22F2N8O/c1-33-17(6-8-28-33)13-3-4-16(18(9-13)34-2)30-22-31-20-19(14(11-26)12-27-20)21(32-22)29-15-5-7-23(24,25)10-15/h3-4,6,8-9,12,15H,5,7,10H2,1-2H3,(H3,27,29,30,31,32). The van der Waals surface area contributed by atoms with Gasteiger partial charge in [0.05, 0.1) is 29.4 Å². The number of aryl methyl sites for hydroxylation is 1. The minimum atomic E-state index is -2.70. The number of H-pyrrole nitrogens is 1. The van der Waals surface area contributed by atoms with Crippen LogP contribution in [0.15, 0.2) is 36.7 Å². The second-order valence-corrected chi connectivity index (χ2v) is 8.25. The molecule has 0 bridgehead atoms. The number of ether oxygens (including phenoxy) is 1. The van der Waals surface area contributed by atoms with Crippen LogP contribution in [0.3, 0.4) is 0 Å². The van der Waals surface area contributed by atoms with Crippen molar-refractivity contribution in [3.8, 4) is 23.1 Å². The van der Waals surface area contributed by atoms with Crippen LogP contribution in [-0.4, -0.2) is 43.8 Å². The van der Waals surface area contributed by atoms with Gasteiger partial charge in [0, 0.05) is 43.9 Å². The van der Waals surface area contributed by atoms with Crippen LogP contribution in [0, 0.1) is 11.3 Å². The predicted molar refractivity (Wildman–Crippen MR) is 123 cm³/mol. The molecule has 1 unspecified atom stereocenters. The summed E-state index contributed by atoms with van der Waals surface area (Å²) < 4.78 is 34.8. The van der Waals surface area contributed by atoms with Gasteiger partial charge in [-0.2, -0.15) is 20.3 Å². The number of anilines is 3. The smallest absolute Gasteiger partial charge is 0.250 e. The van der Waals surface area contributed by atoms with Crippen LogP contribution in [0.2, 0.25) is 0 Å². The van der Waals surface area contributed by atoms with E-state index in [4.69, 9.17) is 4.74 Å². The van der Waals surface area contributed by atoms with Crippen LogP contribution in [-0.2, 0) is 7.05 Å². The number of aromatic nitrogens is 5. The molecule has 1 aliphatic carbocycles. The molecule has 9 nitrogen and oxygen atoms in total. The first-order valence-electron chi connectivity index (χ1n) is 10.7. The Morgan fingerprint density at radius 2 is 2.15 bits per heavy atom. The van der Waals surface area contributed by atoms with E-state index in [1.165, 1.54) is 6.20 Å². The van der Waals surface area contributed by atoms with Crippen LogP contribution < -0.4 is 15.4 Å². The topological polar surface area (TPSA) is 116 Å². The summed E-state index contributed by atoms with van der Waals surface area (Å²) in [5.41, 5.74) is 3.24. The predicted octanol–water partition coefficient (Wildman–Crippen LogP) is 4.58. The van der Waals surface area contributed by atoms with Crippen molar-refractivity contribution >= 4 is 28.5 Å². The van der Waals surface area contributed by atoms with Gasteiger partial charge in [-0.25, -0.2) is 8.78 Å². The Kier molecular flexibility index (Phi) is 5.28.